The van der Waals surface area contributed by atoms with Crippen LogP contribution in [0.1, 0.15) is 0 Å². The minimum atomic E-state index is 1.24. The molecule has 1 heterocycles. The lowest BCUT2D eigenvalue weighted by Crippen LogP contribution is -1.89. The van der Waals surface area contributed by atoms with E-state index in [1.807, 2.05) is 11.3 Å². The van der Waals surface area contributed by atoms with Crippen LogP contribution >= 0.6 is 11.3 Å². The standard InChI is InChI=1S/C32H22S/c1-4-13-23(14-5-1)26-21-12-22-29(30(26)24-15-6-2-7-16-24)32-28-20-11-10-19-27(28)31(33-32)25-17-8-3-9-18-25/h1-22H. The molecule has 0 radical (unpaired) electrons. The van der Waals surface area contributed by atoms with Gasteiger partial charge in [0.25, 0.3) is 0 Å². The maximum absolute atomic E-state index is 2.28. The highest BCUT2D eigenvalue weighted by Gasteiger charge is 2.19. The first kappa shape index (κ1) is 19.7. The fourth-order valence-corrected chi connectivity index (χ4v) is 5.92. The van der Waals surface area contributed by atoms with E-state index in [9.17, 15) is 0 Å². The Kier molecular flexibility index (Phi) is 5.10. The lowest BCUT2D eigenvalue weighted by molar-refractivity contribution is 1.58. The Morgan fingerprint density at radius 3 is 1.45 bits per heavy atom. The van der Waals surface area contributed by atoms with Gasteiger partial charge in [0.1, 0.15) is 0 Å². The minimum Gasteiger partial charge on any atom is -0.134 e. The Bertz CT molecular complexity index is 1530. The van der Waals surface area contributed by atoms with Crippen LogP contribution in [0.2, 0.25) is 0 Å². The predicted molar refractivity (Wildman–Crippen MR) is 144 cm³/mol. The Morgan fingerprint density at radius 2 is 0.818 bits per heavy atom. The minimum absolute atomic E-state index is 1.24. The quantitative estimate of drug-likeness (QED) is 0.257. The van der Waals surface area contributed by atoms with Crippen LogP contribution in [0.3, 0.4) is 0 Å². The van der Waals surface area contributed by atoms with Crippen LogP contribution in [0.5, 0.6) is 0 Å². The Labute approximate surface area is 198 Å². The number of benzene rings is 5. The van der Waals surface area contributed by atoms with E-state index in [0.717, 1.165) is 0 Å². The highest BCUT2D eigenvalue weighted by atomic mass is 32.1. The van der Waals surface area contributed by atoms with Gasteiger partial charge in [0, 0.05) is 26.1 Å². The fraction of sp³-hybridized carbons (Fsp3) is 0. The third-order valence-corrected chi connectivity index (χ3v) is 7.42. The molecule has 6 rings (SSSR count). The SMILES string of the molecule is c1ccc(-c2cccc(-c3sc(-c4ccccc4)c4ccccc34)c2-c2ccccc2)cc1. The molecule has 0 aliphatic heterocycles. The lowest BCUT2D eigenvalue weighted by Gasteiger charge is -2.15. The van der Waals surface area contributed by atoms with Gasteiger partial charge in [0.15, 0.2) is 0 Å². The molecule has 0 fully saturated rings. The Balaban J connectivity index is 1.68. The van der Waals surface area contributed by atoms with E-state index in [2.05, 4.69) is 133 Å². The summed E-state index contributed by atoms with van der Waals surface area (Å²) < 4.78 is 0. The molecule has 5 aromatic carbocycles. The summed E-state index contributed by atoms with van der Waals surface area (Å²) in [5.41, 5.74) is 7.58. The first-order valence-corrected chi connectivity index (χ1v) is 12.0. The Morgan fingerprint density at radius 1 is 0.333 bits per heavy atom. The molecular formula is C32H22S. The van der Waals surface area contributed by atoms with Gasteiger partial charge in [-0.25, -0.2) is 0 Å². The highest BCUT2D eigenvalue weighted by Crippen LogP contribution is 2.48. The molecule has 0 nitrogen and oxygen atoms in total. The summed E-state index contributed by atoms with van der Waals surface area (Å²) in [6.45, 7) is 0. The van der Waals surface area contributed by atoms with Gasteiger partial charge in [-0.15, -0.1) is 11.3 Å². The predicted octanol–water partition coefficient (Wildman–Crippen LogP) is 9.57. The molecule has 0 saturated carbocycles. The number of rotatable bonds is 4. The molecule has 0 saturated heterocycles. The molecule has 0 aliphatic rings. The van der Waals surface area contributed by atoms with Gasteiger partial charge in [-0.2, -0.15) is 0 Å². The smallest absolute Gasteiger partial charge is 0.0434 e. The van der Waals surface area contributed by atoms with E-state index >= 15 is 0 Å². The summed E-state index contributed by atoms with van der Waals surface area (Å²) in [4.78, 5) is 2.64. The van der Waals surface area contributed by atoms with Crippen molar-refractivity contribution in [3.05, 3.63) is 133 Å². The molecule has 6 aromatic rings. The normalized spacial score (nSPS) is 11.0. The van der Waals surface area contributed by atoms with E-state index in [1.165, 1.54) is 53.9 Å². The topological polar surface area (TPSA) is 0 Å². The van der Waals surface area contributed by atoms with Gasteiger partial charge in [0.2, 0.25) is 0 Å². The van der Waals surface area contributed by atoms with Crippen molar-refractivity contribution in [1.82, 2.24) is 0 Å². The van der Waals surface area contributed by atoms with E-state index in [0.29, 0.717) is 0 Å². The van der Waals surface area contributed by atoms with Crippen LogP contribution in [-0.2, 0) is 0 Å². The number of hydrogen-bond donors (Lipinski definition) is 0. The average Bonchev–Trinajstić information content (AvgIpc) is 3.29. The van der Waals surface area contributed by atoms with Crippen molar-refractivity contribution in [1.29, 1.82) is 0 Å². The van der Waals surface area contributed by atoms with Gasteiger partial charge >= 0.3 is 0 Å². The van der Waals surface area contributed by atoms with Crippen LogP contribution in [0.4, 0.5) is 0 Å². The van der Waals surface area contributed by atoms with Gasteiger partial charge in [-0.05, 0) is 27.8 Å². The summed E-state index contributed by atoms with van der Waals surface area (Å²) in [6, 6.07) is 47.8. The zero-order valence-corrected chi connectivity index (χ0v) is 18.9. The number of fused-ring (bicyclic) bond motifs is 1. The molecule has 1 aromatic heterocycles. The molecule has 0 bridgehead atoms. The van der Waals surface area contributed by atoms with Gasteiger partial charge < -0.3 is 0 Å². The summed E-state index contributed by atoms with van der Waals surface area (Å²) in [5, 5.41) is 2.62. The second-order valence-electron chi connectivity index (χ2n) is 8.13. The van der Waals surface area contributed by atoms with Crippen molar-refractivity contribution in [2.45, 2.75) is 0 Å². The van der Waals surface area contributed by atoms with E-state index in [1.54, 1.807) is 0 Å². The number of hydrogen-bond acceptors (Lipinski definition) is 1. The maximum Gasteiger partial charge on any atom is 0.0434 e. The monoisotopic (exact) mass is 438 g/mol. The molecular weight excluding hydrogens is 416 g/mol. The van der Waals surface area contributed by atoms with Crippen molar-refractivity contribution < 1.29 is 0 Å². The van der Waals surface area contributed by atoms with Gasteiger partial charge in [-0.3, -0.25) is 0 Å². The molecule has 0 amide bonds. The van der Waals surface area contributed by atoms with E-state index in [4.69, 9.17) is 0 Å². The summed E-state index contributed by atoms with van der Waals surface area (Å²) in [5.74, 6) is 0. The van der Waals surface area contributed by atoms with E-state index in [-0.39, 0.29) is 0 Å². The maximum atomic E-state index is 2.28. The molecule has 156 valence electrons. The average molecular weight is 439 g/mol. The molecule has 0 atom stereocenters. The molecule has 0 N–H and O–H groups in total. The number of thiophene rings is 1. The van der Waals surface area contributed by atoms with Crippen LogP contribution in [0.15, 0.2) is 133 Å². The summed E-state index contributed by atoms with van der Waals surface area (Å²) >= 11 is 1.89. The van der Waals surface area contributed by atoms with Gasteiger partial charge in [0.05, 0.1) is 0 Å². The van der Waals surface area contributed by atoms with Crippen molar-refractivity contribution in [2.24, 2.45) is 0 Å². The second kappa shape index (κ2) is 8.54. The second-order valence-corrected chi connectivity index (χ2v) is 9.15. The molecule has 0 unspecified atom stereocenters. The molecule has 33 heavy (non-hydrogen) atoms. The van der Waals surface area contributed by atoms with Crippen LogP contribution in [0, 0.1) is 0 Å². The van der Waals surface area contributed by atoms with Crippen molar-refractivity contribution in [3.8, 4) is 43.1 Å². The first-order valence-electron chi connectivity index (χ1n) is 11.2. The highest BCUT2D eigenvalue weighted by molar-refractivity contribution is 7.21. The Hall–Kier alpha value is -3.94. The zero-order valence-electron chi connectivity index (χ0n) is 18.1. The first-order chi connectivity index (χ1) is 16.4. The van der Waals surface area contributed by atoms with Gasteiger partial charge in [-0.1, -0.05) is 133 Å². The third kappa shape index (κ3) is 3.57. The van der Waals surface area contributed by atoms with E-state index < -0.39 is 0 Å². The molecule has 0 spiro atoms. The van der Waals surface area contributed by atoms with Crippen molar-refractivity contribution in [3.63, 3.8) is 0 Å². The molecule has 1 heteroatoms. The lowest BCUT2D eigenvalue weighted by atomic mass is 9.89. The molecule has 0 aliphatic carbocycles. The fourth-order valence-electron chi connectivity index (χ4n) is 4.61. The van der Waals surface area contributed by atoms with Crippen molar-refractivity contribution >= 4 is 22.1 Å². The van der Waals surface area contributed by atoms with Crippen LogP contribution < -0.4 is 0 Å². The third-order valence-electron chi connectivity index (χ3n) is 6.11. The van der Waals surface area contributed by atoms with Crippen LogP contribution in [-0.4, -0.2) is 0 Å². The summed E-state index contributed by atoms with van der Waals surface area (Å²) in [7, 11) is 0. The largest absolute Gasteiger partial charge is 0.134 e. The summed E-state index contributed by atoms with van der Waals surface area (Å²) in [6.07, 6.45) is 0. The zero-order chi connectivity index (χ0) is 22.0. The van der Waals surface area contributed by atoms with Crippen LogP contribution in [0.25, 0.3) is 53.9 Å². The van der Waals surface area contributed by atoms with Crippen molar-refractivity contribution in [2.75, 3.05) is 0 Å².